The molecule has 5 nitrogen and oxygen atoms in total. The van der Waals surface area contributed by atoms with Crippen molar-refractivity contribution in [2.24, 2.45) is 0 Å². The van der Waals surface area contributed by atoms with Gasteiger partial charge < -0.3 is 4.74 Å². The van der Waals surface area contributed by atoms with Crippen LogP contribution in [0.15, 0.2) is 45.5 Å². The monoisotopic (exact) mass is 288 g/mol. The Morgan fingerprint density at radius 1 is 1.28 bits per heavy atom. The van der Waals surface area contributed by atoms with Crippen molar-refractivity contribution in [2.45, 2.75) is 9.79 Å². The summed E-state index contributed by atoms with van der Waals surface area (Å²) in [5.41, 5.74) is 0. The molecule has 0 bridgehead atoms. The minimum absolute atomic E-state index is 0.153. The van der Waals surface area contributed by atoms with Crippen molar-refractivity contribution in [2.75, 3.05) is 13.4 Å². The van der Waals surface area contributed by atoms with Crippen LogP contribution in [0, 0.1) is 0 Å². The normalized spacial score (nSPS) is 13.4. The van der Waals surface area contributed by atoms with Crippen molar-refractivity contribution in [3.05, 3.63) is 35.7 Å². The van der Waals surface area contributed by atoms with E-state index >= 15 is 0 Å². The quantitative estimate of drug-likeness (QED) is 0.607. The van der Waals surface area contributed by atoms with Crippen LogP contribution in [-0.2, 0) is 30.2 Å². The summed E-state index contributed by atoms with van der Waals surface area (Å²) in [6.45, 7) is 0. The number of carbonyl (C=O) groups excluding carboxylic acids is 1. The molecule has 0 aliphatic carbocycles. The standard InChI is InChI=1S/C11H12O5S2/c1-16-11(12)7-8-17(13)9-3-5-10(6-4-9)18(2,14)15/h3-8H,1-2H3/b8-7+. The zero-order chi connectivity index (χ0) is 13.8. The van der Waals surface area contributed by atoms with E-state index < -0.39 is 26.6 Å². The van der Waals surface area contributed by atoms with E-state index in [0.717, 1.165) is 12.3 Å². The van der Waals surface area contributed by atoms with Gasteiger partial charge in [-0.1, -0.05) is 0 Å². The molecule has 1 unspecified atom stereocenters. The van der Waals surface area contributed by atoms with Crippen molar-refractivity contribution < 1.29 is 22.2 Å². The molecule has 0 aliphatic rings. The molecule has 0 saturated carbocycles. The Kier molecular flexibility index (Phi) is 4.80. The molecule has 0 N–H and O–H groups in total. The molecule has 7 heteroatoms. The fourth-order valence-electron chi connectivity index (χ4n) is 1.08. The summed E-state index contributed by atoms with van der Waals surface area (Å²) in [5, 5.41) is 1.18. The van der Waals surface area contributed by atoms with Crippen molar-refractivity contribution in [3.63, 3.8) is 0 Å². The van der Waals surface area contributed by atoms with Gasteiger partial charge in [0.25, 0.3) is 0 Å². The Morgan fingerprint density at radius 2 is 1.83 bits per heavy atom. The molecule has 1 rings (SSSR count). The number of benzene rings is 1. The van der Waals surface area contributed by atoms with Crippen molar-refractivity contribution in [1.82, 2.24) is 0 Å². The molecule has 0 amide bonds. The molecule has 18 heavy (non-hydrogen) atoms. The number of rotatable bonds is 4. The lowest BCUT2D eigenvalue weighted by atomic mass is 10.4. The molecule has 0 aliphatic heterocycles. The maximum absolute atomic E-state index is 11.7. The van der Waals surface area contributed by atoms with E-state index in [1.165, 1.54) is 36.8 Å². The maximum atomic E-state index is 11.7. The number of carbonyl (C=O) groups is 1. The maximum Gasteiger partial charge on any atom is 0.331 e. The van der Waals surface area contributed by atoms with Crippen LogP contribution in [0.5, 0.6) is 0 Å². The molecule has 0 radical (unpaired) electrons. The van der Waals surface area contributed by atoms with Crippen molar-refractivity contribution >= 4 is 26.6 Å². The average Bonchev–Trinajstić information content (AvgIpc) is 2.34. The van der Waals surface area contributed by atoms with Crippen LogP contribution < -0.4 is 0 Å². The van der Waals surface area contributed by atoms with E-state index in [2.05, 4.69) is 4.74 Å². The largest absolute Gasteiger partial charge is 0.466 e. The predicted molar refractivity (Wildman–Crippen MR) is 67.1 cm³/mol. The third-order valence-corrected chi connectivity index (χ3v) is 4.26. The van der Waals surface area contributed by atoms with E-state index in [1.807, 2.05) is 0 Å². The smallest absolute Gasteiger partial charge is 0.331 e. The van der Waals surface area contributed by atoms with Gasteiger partial charge in [-0.2, -0.15) is 0 Å². The second kappa shape index (κ2) is 5.92. The highest BCUT2D eigenvalue weighted by Gasteiger charge is 2.07. The highest BCUT2D eigenvalue weighted by atomic mass is 32.2. The van der Waals surface area contributed by atoms with E-state index in [4.69, 9.17) is 0 Å². The molecule has 1 atom stereocenters. The Balaban J connectivity index is 2.90. The van der Waals surface area contributed by atoms with Crippen LogP contribution in [0.25, 0.3) is 0 Å². The molecule has 0 heterocycles. The van der Waals surface area contributed by atoms with Crippen LogP contribution in [0.3, 0.4) is 0 Å². The summed E-state index contributed by atoms with van der Waals surface area (Å²) in [6, 6.07) is 5.62. The molecule has 0 saturated heterocycles. The van der Waals surface area contributed by atoms with Crippen LogP contribution in [0.4, 0.5) is 0 Å². The van der Waals surface area contributed by atoms with Gasteiger partial charge in [0.2, 0.25) is 0 Å². The number of sulfone groups is 1. The first-order chi connectivity index (χ1) is 8.34. The fraction of sp³-hybridized carbons (Fsp3) is 0.182. The number of hydrogen-bond donors (Lipinski definition) is 0. The minimum Gasteiger partial charge on any atom is -0.466 e. The summed E-state index contributed by atoms with van der Waals surface area (Å²) in [4.78, 5) is 11.4. The third kappa shape index (κ3) is 4.08. The van der Waals surface area contributed by atoms with E-state index in [-0.39, 0.29) is 4.90 Å². The summed E-state index contributed by atoms with van der Waals surface area (Å²) >= 11 is 0. The summed E-state index contributed by atoms with van der Waals surface area (Å²) in [5.74, 6) is -0.601. The Morgan fingerprint density at radius 3 is 2.28 bits per heavy atom. The number of methoxy groups -OCH3 is 1. The number of ether oxygens (including phenoxy) is 1. The molecule has 1 aromatic rings. The SMILES string of the molecule is COC(=O)/C=C/S(=O)c1ccc(S(C)(=O)=O)cc1. The van der Waals surface area contributed by atoms with Crippen molar-refractivity contribution in [3.8, 4) is 0 Å². The molecule has 1 aromatic carbocycles. The van der Waals surface area contributed by atoms with Gasteiger partial charge in [0.1, 0.15) is 0 Å². The fourth-order valence-corrected chi connectivity index (χ4v) is 2.51. The molecule has 0 fully saturated rings. The van der Waals surface area contributed by atoms with Crippen LogP contribution >= 0.6 is 0 Å². The first-order valence-corrected chi connectivity index (χ1v) is 7.92. The first-order valence-electron chi connectivity index (χ1n) is 4.81. The van der Waals surface area contributed by atoms with Gasteiger partial charge in [0.05, 0.1) is 22.8 Å². The van der Waals surface area contributed by atoms with Crippen LogP contribution in [0.1, 0.15) is 0 Å². The minimum atomic E-state index is -3.27. The average molecular weight is 288 g/mol. The van der Waals surface area contributed by atoms with Gasteiger partial charge in [-0.15, -0.1) is 0 Å². The third-order valence-electron chi connectivity index (χ3n) is 2.01. The lowest BCUT2D eigenvalue weighted by Crippen LogP contribution is -1.98. The zero-order valence-electron chi connectivity index (χ0n) is 9.82. The summed E-state index contributed by atoms with van der Waals surface area (Å²) < 4.78 is 38.5. The number of esters is 1. The topological polar surface area (TPSA) is 77.5 Å². The van der Waals surface area contributed by atoms with Gasteiger partial charge in [-0.25, -0.2) is 17.4 Å². The second-order valence-electron chi connectivity index (χ2n) is 3.37. The number of hydrogen-bond acceptors (Lipinski definition) is 5. The lowest BCUT2D eigenvalue weighted by molar-refractivity contribution is -0.134. The molecule has 0 aromatic heterocycles. The summed E-state index contributed by atoms with van der Waals surface area (Å²) in [6.07, 6.45) is 2.15. The first kappa shape index (κ1) is 14.6. The molecule has 0 spiro atoms. The molecule has 98 valence electrons. The highest BCUT2D eigenvalue weighted by molar-refractivity contribution is 7.90. The van der Waals surface area contributed by atoms with Gasteiger partial charge in [-0.05, 0) is 24.3 Å². The Hall–Kier alpha value is -1.47. The highest BCUT2D eigenvalue weighted by Crippen LogP contribution is 2.13. The Labute approximate surface area is 108 Å². The van der Waals surface area contributed by atoms with E-state index in [0.29, 0.717) is 4.90 Å². The predicted octanol–water partition coefficient (Wildman–Crippen LogP) is 0.884. The van der Waals surface area contributed by atoms with Gasteiger partial charge >= 0.3 is 5.97 Å². The molecular formula is C11H12O5S2. The van der Waals surface area contributed by atoms with Crippen LogP contribution in [0.2, 0.25) is 0 Å². The van der Waals surface area contributed by atoms with Gasteiger partial charge in [0, 0.05) is 22.6 Å². The van der Waals surface area contributed by atoms with Crippen molar-refractivity contribution in [1.29, 1.82) is 0 Å². The lowest BCUT2D eigenvalue weighted by Gasteiger charge is -2.00. The Bertz CT molecular complexity index is 584. The van der Waals surface area contributed by atoms with Gasteiger partial charge in [0.15, 0.2) is 9.84 Å². The van der Waals surface area contributed by atoms with Gasteiger partial charge in [-0.3, -0.25) is 0 Å². The second-order valence-corrected chi connectivity index (χ2v) is 6.72. The van der Waals surface area contributed by atoms with E-state index in [9.17, 15) is 17.4 Å². The molecular weight excluding hydrogens is 276 g/mol. The van der Waals surface area contributed by atoms with E-state index in [1.54, 1.807) is 0 Å². The zero-order valence-corrected chi connectivity index (χ0v) is 11.5. The van der Waals surface area contributed by atoms with Crippen LogP contribution in [-0.4, -0.2) is 32.0 Å². The summed E-state index contributed by atoms with van der Waals surface area (Å²) in [7, 11) is -3.56.